The van der Waals surface area contributed by atoms with Crippen molar-refractivity contribution in [2.45, 2.75) is 19.9 Å². The molecule has 0 bridgehead atoms. The van der Waals surface area contributed by atoms with Crippen molar-refractivity contribution in [3.63, 3.8) is 0 Å². The zero-order valence-corrected chi connectivity index (χ0v) is 10.3. The molecule has 0 atom stereocenters. The summed E-state index contributed by atoms with van der Waals surface area (Å²) in [5.74, 6) is -0.461. The van der Waals surface area contributed by atoms with Gasteiger partial charge in [-0.2, -0.15) is 0 Å². The minimum Gasteiger partial charge on any atom is -0.465 e. The molecule has 4 nitrogen and oxygen atoms in total. The van der Waals surface area contributed by atoms with E-state index in [1.807, 2.05) is 13.8 Å². The van der Waals surface area contributed by atoms with E-state index in [0.29, 0.717) is 22.0 Å². The molecule has 0 spiro atoms. The summed E-state index contributed by atoms with van der Waals surface area (Å²) in [5, 5.41) is 3.51. The Labute approximate surface area is 99.7 Å². The van der Waals surface area contributed by atoms with E-state index < -0.39 is 5.97 Å². The smallest absolute Gasteiger partial charge is 0.340 e. The molecule has 0 aromatic heterocycles. The average molecular weight is 243 g/mol. The molecule has 0 aliphatic carbocycles. The predicted octanol–water partition coefficient (Wildman–Crippen LogP) is 2.53. The van der Waals surface area contributed by atoms with E-state index in [9.17, 15) is 4.79 Å². The molecule has 0 aliphatic heterocycles. The Morgan fingerprint density at radius 3 is 2.62 bits per heavy atom. The van der Waals surface area contributed by atoms with Crippen molar-refractivity contribution < 1.29 is 9.53 Å². The van der Waals surface area contributed by atoms with Gasteiger partial charge in [0.1, 0.15) is 0 Å². The van der Waals surface area contributed by atoms with Crippen LogP contribution in [0.1, 0.15) is 24.2 Å². The first-order valence-electron chi connectivity index (χ1n) is 4.89. The number of nitrogens with one attached hydrogen (secondary N) is 1. The molecule has 0 saturated carbocycles. The predicted molar refractivity (Wildman–Crippen MR) is 66.0 cm³/mol. The maximum absolute atomic E-state index is 11.5. The maximum atomic E-state index is 11.5. The number of carbonyl (C=O) groups excluding carboxylic acids is 1. The second-order valence-corrected chi connectivity index (χ2v) is 4.12. The van der Waals surface area contributed by atoms with Crippen LogP contribution in [-0.2, 0) is 4.74 Å². The summed E-state index contributed by atoms with van der Waals surface area (Å²) in [7, 11) is 1.32. The van der Waals surface area contributed by atoms with Gasteiger partial charge in [0.15, 0.2) is 0 Å². The van der Waals surface area contributed by atoms with Crippen LogP contribution in [0.4, 0.5) is 11.4 Å². The summed E-state index contributed by atoms with van der Waals surface area (Å²) in [6.07, 6.45) is 0. The van der Waals surface area contributed by atoms with Crippen LogP contribution in [0.2, 0.25) is 5.02 Å². The lowest BCUT2D eigenvalue weighted by molar-refractivity contribution is 0.0602. The summed E-state index contributed by atoms with van der Waals surface area (Å²) in [6, 6.07) is 3.30. The van der Waals surface area contributed by atoms with Crippen molar-refractivity contribution >= 4 is 28.9 Å². The topological polar surface area (TPSA) is 64.3 Å². The number of rotatable bonds is 3. The third-order valence-corrected chi connectivity index (χ3v) is 2.25. The van der Waals surface area contributed by atoms with Crippen LogP contribution in [0, 0.1) is 0 Å². The molecule has 0 heterocycles. The highest BCUT2D eigenvalue weighted by molar-refractivity contribution is 6.34. The van der Waals surface area contributed by atoms with Crippen molar-refractivity contribution in [3.8, 4) is 0 Å². The largest absolute Gasteiger partial charge is 0.465 e. The van der Waals surface area contributed by atoms with Crippen molar-refractivity contribution in [2.75, 3.05) is 18.2 Å². The second-order valence-electron chi connectivity index (χ2n) is 3.72. The molecule has 0 amide bonds. The number of ether oxygens (including phenoxy) is 1. The molecule has 1 aromatic carbocycles. The molecule has 0 aliphatic rings. The zero-order valence-electron chi connectivity index (χ0n) is 9.50. The highest BCUT2D eigenvalue weighted by Crippen LogP contribution is 2.30. The van der Waals surface area contributed by atoms with E-state index in [4.69, 9.17) is 17.3 Å². The van der Waals surface area contributed by atoms with E-state index in [-0.39, 0.29) is 6.04 Å². The Bertz CT molecular complexity index is 405. The van der Waals surface area contributed by atoms with Gasteiger partial charge in [0, 0.05) is 11.7 Å². The third-order valence-electron chi connectivity index (χ3n) is 1.95. The quantitative estimate of drug-likeness (QED) is 0.632. The minimum absolute atomic E-state index is 0.157. The number of nitrogens with two attached hydrogens (primary N) is 1. The molecule has 5 heteroatoms. The van der Waals surface area contributed by atoms with Crippen LogP contribution < -0.4 is 11.1 Å². The molecule has 0 fully saturated rings. The number of benzene rings is 1. The van der Waals surface area contributed by atoms with Crippen LogP contribution in [0.3, 0.4) is 0 Å². The molecule has 0 radical (unpaired) electrons. The third kappa shape index (κ3) is 2.79. The monoisotopic (exact) mass is 242 g/mol. The second kappa shape index (κ2) is 5.07. The van der Waals surface area contributed by atoms with Gasteiger partial charge in [0.25, 0.3) is 0 Å². The first kappa shape index (κ1) is 12.6. The van der Waals surface area contributed by atoms with Crippen LogP contribution in [0.25, 0.3) is 0 Å². The zero-order chi connectivity index (χ0) is 12.3. The average Bonchev–Trinajstić information content (AvgIpc) is 2.20. The lowest BCUT2D eigenvalue weighted by Crippen LogP contribution is -2.15. The molecule has 0 saturated heterocycles. The van der Waals surface area contributed by atoms with Gasteiger partial charge in [-0.05, 0) is 26.0 Å². The SMILES string of the molecule is COC(=O)c1cc(N)cc(Cl)c1NC(C)C. The fourth-order valence-electron chi connectivity index (χ4n) is 1.33. The number of nitrogen functional groups attached to an aromatic ring is 1. The minimum atomic E-state index is -0.461. The lowest BCUT2D eigenvalue weighted by Gasteiger charge is -2.15. The Hall–Kier alpha value is -1.42. The molecule has 1 rings (SSSR count). The van der Waals surface area contributed by atoms with E-state index in [1.54, 1.807) is 12.1 Å². The highest BCUT2D eigenvalue weighted by atomic mass is 35.5. The summed E-state index contributed by atoms with van der Waals surface area (Å²) in [6.45, 7) is 3.90. The Kier molecular flexibility index (Phi) is 4.01. The van der Waals surface area contributed by atoms with Gasteiger partial charge in [0.05, 0.1) is 23.4 Å². The van der Waals surface area contributed by atoms with Crippen LogP contribution in [0.5, 0.6) is 0 Å². The molecule has 0 unspecified atom stereocenters. The fourth-order valence-corrected chi connectivity index (χ4v) is 1.62. The van der Waals surface area contributed by atoms with Gasteiger partial charge in [-0.15, -0.1) is 0 Å². The number of carbonyl (C=O) groups is 1. The summed E-state index contributed by atoms with van der Waals surface area (Å²) in [5.41, 5.74) is 6.96. The lowest BCUT2D eigenvalue weighted by atomic mass is 10.1. The van der Waals surface area contributed by atoms with Crippen LogP contribution in [-0.4, -0.2) is 19.1 Å². The molecule has 16 heavy (non-hydrogen) atoms. The number of anilines is 2. The van der Waals surface area contributed by atoms with Crippen molar-refractivity contribution in [3.05, 3.63) is 22.7 Å². The number of hydrogen-bond donors (Lipinski definition) is 2. The number of hydrogen-bond acceptors (Lipinski definition) is 4. The van der Waals surface area contributed by atoms with Gasteiger partial charge in [-0.25, -0.2) is 4.79 Å². The van der Waals surface area contributed by atoms with E-state index >= 15 is 0 Å². The van der Waals surface area contributed by atoms with E-state index in [2.05, 4.69) is 10.1 Å². The van der Waals surface area contributed by atoms with E-state index in [1.165, 1.54) is 7.11 Å². The highest BCUT2D eigenvalue weighted by Gasteiger charge is 2.16. The Morgan fingerprint density at radius 2 is 2.12 bits per heavy atom. The number of esters is 1. The van der Waals surface area contributed by atoms with Gasteiger partial charge in [0.2, 0.25) is 0 Å². The Balaban J connectivity index is 3.26. The van der Waals surface area contributed by atoms with Gasteiger partial charge in [-0.3, -0.25) is 0 Å². The van der Waals surface area contributed by atoms with Crippen molar-refractivity contribution in [1.82, 2.24) is 0 Å². The molecular formula is C11H15ClN2O2. The van der Waals surface area contributed by atoms with Gasteiger partial charge in [-0.1, -0.05) is 11.6 Å². The van der Waals surface area contributed by atoms with E-state index in [0.717, 1.165) is 0 Å². The molecule has 1 aromatic rings. The summed E-state index contributed by atoms with van der Waals surface area (Å²) >= 11 is 6.03. The van der Waals surface area contributed by atoms with Crippen molar-refractivity contribution in [1.29, 1.82) is 0 Å². The fraction of sp³-hybridized carbons (Fsp3) is 0.364. The first-order valence-corrected chi connectivity index (χ1v) is 5.27. The molecular weight excluding hydrogens is 228 g/mol. The van der Waals surface area contributed by atoms with Crippen LogP contribution >= 0.6 is 11.6 Å². The standard InChI is InChI=1S/C11H15ClN2O2/c1-6(2)14-10-8(11(15)16-3)4-7(13)5-9(10)12/h4-6,14H,13H2,1-3H3. The molecule has 3 N–H and O–H groups in total. The number of methoxy groups -OCH3 is 1. The Morgan fingerprint density at radius 1 is 1.50 bits per heavy atom. The van der Waals surface area contributed by atoms with Gasteiger partial charge >= 0.3 is 5.97 Å². The van der Waals surface area contributed by atoms with Crippen LogP contribution in [0.15, 0.2) is 12.1 Å². The first-order chi connectivity index (χ1) is 7.45. The van der Waals surface area contributed by atoms with Crippen molar-refractivity contribution in [2.24, 2.45) is 0 Å². The van der Waals surface area contributed by atoms with Gasteiger partial charge < -0.3 is 15.8 Å². The maximum Gasteiger partial charge on any atom is 0.340 e. The normalized spacial score (nSPS) is 10.3. The molecule has 88 valence electrons. The number of halogens is 1. The summed E-state index contributed by atoms with van der Waals surface area (Å²) in [4.78, 5) is 11.5. The summed E-state index contributed by atoms with van der Waals surface area (Å²) < 4.78 is 4.68.